The molecule has 62 valence electrons. The molecule has 0 aliphatic rings. The van der Waals surface area contributed by atoms with Gasteiger partial charge in [-0.1, -0.05) is 4.52 Å². The van der Waals surface area contributed by atoms with E-state index in [9.17, 15) is 0 Å². The molecule has 0 N–H and O–H groups in total. The number of fused-ring (bicyclic) bond motifs is 1. The Morgan fingerprint density at radius 1 is 1.33 bits per heavy atom. The summed E-state index contributed by atoms with van der Waals surface area (Å²) >= 11 is 0. The van der Waals surface area contributed by atoms with E-state index in [-0.39, 0.29) is 0 Å². The maximum atomic E-state index is 5.27. The Labute approximate surface area is 69.9 Å². The van der Waals surface area contributed by atoms with Crippen molar-refractivity contribution in [1.29, 1.82) is 0 Å². The summed E-state index contributed by atoms with van der Waals surface area (Å²) in [7, 11) is 0. The number of aromatic nitrogens is 3. The zero-order valence-electron chi connectivity index (χ0n) is 7.33. The van der Waals surface area contributed by atoms with Crippen LogP contribution in [-0.4, -0.2) is 10.1 Å². The maximum Gasteiger partial charge on any atom is 0.531 e. The SMILES string of the molecule is Cc1cc(C)[n+]2nc(C)oc2n1. The van der Waals surface area contributed by atoms with Crippen molar-refractivity contribution in [2.45, 2.75) is 20.8 Å². The fourth-order valence-corrected chi connectivity index (χ4v) is 1.23. The molecule has 12 heavy (non-hydrogen) atoms. The highest BCUT2D eigenvalue weighted by Crippen LogP contribution is 2.00. The van der Waals surface area contributed by atoms with Crippen LogP contribution in [0.1, 0.15) is 17.3 Å². The van der Waals surface area contributed by atoms with E-state index in [4.69, 9.17) is 4.42 Å². The molecule has 0 aliphatic carbocycles. The first-order valence-electron chi connectivity index (χ1n) is 3.80. The fourth-order valence-electron chi connectivity index (χ4n) is 1.23. The van der Waals surface area contributed by atoms with E-state index in [0.717, 1.165) is 11.4 Å². The molecule has 0 saturated carbocycles. The van der Waals surface area contributed by atoms with Crippen LogP contribution in [0.15, 0.2) is 10.5 Å². The van der Waals surface area contributed by atoms with E-state index in [1.54, 1.807) is 4.52 Å². The van der Waals surface area contributed by atoms with Crippen LogP contribution >= 0.6 is 0 Å². The minimum absolute atomic E-state index is 0.560. The maximum absolute atomic E-state index is 5.27. The predicted molar refractivity (Wildman–Crippen MR) is 41.7 cm³/mol. The second-order valence-electron chi connectivity index (χ2n) is 2.85. The molecule has 0 radical (unpaired) electrons. The van der Waals surface area contributed by atoms with E-state index in [0.29, 0.717) is 11.7 Å². The zero-order valence-corrected chi connectivity index (χ0v) is 7.33. The number of aryl methyl sites for hydroxylation is 3. The molecular formula is C8H10N3O+. The summed E-state index contributed by atoms with van der Waals surface area (Å²) in [4.78, 5) is 4.19. The molecule has 0 amide bonds. The van der Waals surface area contributed by atoms with Crippen LogP contribution in [0.2, 0.25) is 0 Å². The van der Waals surface area contributed by atoms with Gasteiger partial charge in [-0.3, -0.25) is 0 Å². The molecule has 0 bridgehead atoms. The monoisotopic (exact) mass is 164 g/mol. The van der Waals surface area contributed by atoms with Gasteiger partial charge >= 0.3 is 5.84 Å². The van der Waals surface area contributed by atoms with Crippen LogP contribution in [0, 0.1) is 20.8 Å². The van der Waals surface area contributed by atoms with Crippen LogP contribution in [0.4, 0.5) is 0 Å². The summed E-state index contributed by atoms with van der Waals surface area (Å²) in [5.41, 5.74) is 1.98. The highest BCUT2D eigenvalue weighted by Gasteiger charge is 2.15. The van der Waals surface area contributed by atoms with E-state index in [2.05, 4.69) is 10.1 Å². The van der Waals surface area contributed by atoms with Crippen molar-refractivity contribution in [1.82, 2.24) is 10.1 Å². The standard InChI is InChI=1S/C8H10N3O/c1-5-4-6(2)11-8(9-5)12-7(3)10-11/h4H,1-3H3/q+1. The first-order valence-corrected chi connectivity index (χ1v) is 3.80. The van der Waals surface area contributed by atoms with Crippen molar-refractivity contribution < 1.29 is 8.93 Å². The molecule has 0 aliphatic heterocycles. The Bertz CT molecular complexity index is 433. The van der Waals surface area contributed by atoms with Crippen LogP contribution in [0.5, 0.6) is 0 Å². The molecule has 0 aromatic carbocycles. The molecule has 4 heteroatoms. The summed E-state index contributed by atoms with van der Waals surface area (Å²) in [6.07, 6.45) is 0. The lowest BCUT2D eigenvalue weighted by Gasteiger charge is -1.85. The summed E-state index contributed by atoms with van der Waals surface area (Å²) in [6, 6.07) is 1.97. The summed E-state index contributed by atoms with van der Waals surface area (Å²) in [5, 5.41) is 4.14. The Balaban J connectivity index is 2.88. The Morgan fingerprint density at radius 3 is 2.83 bits per heavy atom. The molecule has 0 atom stereocenters. The van der Waals surface area contributed by atoms with Gasteiger partial charge in [0.25, 0.3) is 0 Å². The van der Waals surface area contributed by atoms with Crippen LogP contribution < -0.4 is 4.52 Å². The normalized spacial score (nSPS) is 10.9. The number of rotatable bonds is 0. The van der Waals surface area contributed by atoms with Gasteiger partial charge in [-0.05, 0) is 10.1 Å². The van der Waals surface area contributed by atoms with Crippen molar-refractivity contribution >= 4 is 5.84 Å². The van der Waals surface area contributed by atoms with Gasteiger partial charge in [0, 0.05) is 26.8 Å². The lowest BCUT2D eigenvalue weighted by molar-refractivity contribution is -0.589. The van der Waals surface area contributed by atoms with Crippen molar-refractivity contribution in [3.05, 3.63) is 23.3 Å². The van der Waals surface area contributed by atoms with Crippen molar-refractivity contribution in [3.63, 3.8) is 0 Å². The Morgan fingerprint density at radius 2 is 2.08 bits per heavy atom. The third kappa shape index (κ3) is 0.958. The summed E-state index contributed by atoms with van der Waals surface area (Å²) in [5.74, 6) is 1.20. The molecule has 2 aromatic heterocycles. The minimum atomic E-state index is 0.560. The second-order valence-corrected chi connectivity index (χ2v) is 2.85. The molecule has 4 nitrogen and oxygen atoms in total. The van der Waals surface area contributed by atoms with E-state index >= 15 is 0 Å². The van der Waals surface area contributed by atoms with Gasteiger partial charge in [-0.15, -0.1) is 0 Å². The van der Waals surface area contributed by atoms with Gasteiger partial charge in [0.05, 0.1) is 0 Å². The second kappa shape index (κ2) is 2.27. The summed E-state index contributed by atoms with van der Waals surface area (Å²) < 4.78 is 6.97. The molecular weight excluding hydrogens is 154 g/mol. The van der Waals surface area contributed by atoms with E-state index < -0.39 is 0 Å². The third-order valence-electron chi connectivity index (χ3n) is 1.68. The average molecular weight is 164 g/mol. The molecule has 2 aromatic rings. The Hall–Kier alpha value is -1.45. The zero-order chi connectivity index (χ0) is 8.72. The van der Waals surface area contributed by atoms with Crippen LogP contribution in [0.25, 0.3) is 5.84 Å². The van der Waals surface area contributed by atoms with Gasteiger partial charge in [-0.2, -0.15) is 0 Å². The largest absolute Gasteiger partial charge is 0.531 e. The quantitative estimate of drug-likeness (QED) is 0.539. The summed E-state index contributed by atoms with van der Waals surface area (Å²) in [6.45, 7) is 5.72. The first-order chi connectivity index (χ1) is 5.66. The predicted octanol–water partition coefficient (Wildman–Crippen LogP) is 0.734. The molecule has 2 rings (SSSR count). The van der Waals surface area contributed by atoms with Gasteiger partial charge < -0.3 is 4.42 Å². The molecule has 0 saturated heterocycles. The highest BCUT2D eigenvalue weighted by molar-refractivity contribution is 5.14. The van der Waals surface area contributed by atoms with E-state index in [1.165, 1.54) is 0 Å². The average Bonchev–Trinajstić information content (AvgIpc) is 2.29. The minimum Gasteiger partial charge on any atom is -0.369 e. The highest BCUT2D eigenvalue weighted by atomic mass is 16.4. The van der Waals surface area contributed by atoms with Crippen molar-refractivity contribution in [2.24, 2.45) is 0 Å². The molecule has 0 fully saturated rings. The lowest BCUT2D eigenvalue weighted by atomic mass is 10.4. The van der Waals surface area contributed by atoms with Crippen molar-refractivity contribution in [2.75, 3.05) is 0 Å². The van der Waals surface area contributed by atoms with Gasteiger partial charge in [-0.25, -0.2) is 0 Å². The van der Waals surface area contributed by atoms with Crippen LogP contribution in [-0.2, 0) is 0 Å². The lowest BCUT2D eigenvalue weighted by Crippen LogP contribution is -2.28. The molecule has 2 heterocycles. The Kier molecular flexibility index (Phi) is 1.36. The number of hydrogen-bond donors (Lipinski definition) is 0. The molecule has 0 spiro atoms. The number of hydrogen-bond acceptors (Lipinski definition) is 3. The topological polar surface area (TPSA) is 43.0 Å². The molecule has 0 unspecified atom stereocenters. The van der Waals surface area contributed by atoms with Gasteiger partial charge in [0.1, 0.15) is 5.69 Å². The fraction of sp³-hybridized carbons (Fsp3) is 0.375. The van der Waals surface area contributed by atoms with Crippen LogP contribution in [0.3, 0.4) is 0 Å². The van der Waals surface area contributed by atoms with Gasteiger partial charge in [0.2, 0.25) is 5.89 Å². The van der Waals surface area contributed by atoms with E-state index in [1.807, 2.05) is 26.8 Å². The van der Waals surface area contributed by atoms with Crippen molar-refractivity contribution in [3.8, 4) is 0 Å². The smallest absolute Gasteiger partial charge is 0.369 e. The third-order valence-corrected chi connectivity index (χ3v) is 1.68. The first kappa shape index (κ1) is 7.21. The van der Waals surface area contributed by atoms with Gasteiger partial charge in [0.15, 0.2) is 5.69 Å². The number of nitrogens with zero attached hydrogens (tertiary/aromatic N) is 3.